The van der Waals surface area contributed by atoms with Crippen molar-refractivity contribution in [3.8, 4) is 5.75 Å². The van der Waals surface area contributed by atoms with E-state index in [1.54, 1.807) is 53.4 Å². The lowest BCUT2D eigenvalue weighted by atomic mass is 9.90. The van der Waals surface area contributed by atoms with Crippen LogP contribution in [-0.2, 0) is 21.2 Å². The van der Waals surface area contributed by atoms with E-state index in [1.165, 1.54) is 9.87 Å². The number of aryl methyl sites for hydroxylation is 1. The highest BCUT2D eigenvalue weighted by atomic mass is 32.2. The van der Waals surface area contributed by atoms with Crippen LogP contribution in [0.25, 0.3) is 0 Å². The van der Waals surface area contributed by atoms with Crippen LogP contribution in [0.3, 0.4) is 0 Å². The Bertz CT molecular complexity index is 1230. The van der Waals surface area contributed by atoms with Crippen molar-refractivity contribution in [2.24, 2.45) is 5.92 Å². The van der Waals surface area contributed by atoms with Crippen molar-refractivity contribution in [3.63, 3.8) is 0 Å². The molecule has 190 valence electrons. The first kappa shape index (κ1) is 25.8. The molecule has 36 heavy (non-hydrogen) atoms. The number of amides is 1. The number of anilines is 1. The van der Waals surface area contributed by atoms with Crippen LogP contribution in [0.5, 0.6) is 5.75 Å². The Morgan fingerprint density at radius 3 is 2.19 bits per heavy atom. The van der Waals surface area contributed by atoms with Crippen molar-refractivity contribution in [2.45, 2.75) is 38.0 Å². The molecule has 3 aromatic rings. The topological polar surface area (TPSA) is 66.9 Å². The van der Waals surface area contributed by atoms with Crippen molar-refractivity contribution in [2.75, 3.05) is 30.5 Å². The molecule has 0 saturated carbocycles. The number of nitrogens with zero attached hydrogens (tertiary/aromatic N) is 2. The number of benzene rings is 3. The van der Waals surface area contributed by atoms with Gasteiger partial charge in [-0.05, 0) is 81.0 Å². The van der Waals surface area contributed by atoms with Crippen molar-refractivity contribution < 1.29 is 17.9 Å². The molecule has 0 radical (unpaired) electrons. The third-order valence-electron chi connectivity index (χ3n) is 6.66. The first-order valence-corrected chi connectivity index (χ1v) is 13.9. The average Bonchev–Trinajstić information content (AvgIpc) is 2.89. The summed E-state index contributed by atoms with van der Waals surface area (Å²) in [5, 5.41) is 0. The predicted molar refractivity (Wildman–Crippen MR) is 143 cm³/mol. The second-order valence-corrected chi connectivity index (χ2v) is 11.1. The van der Waals surface area contributed by atoms with Gasteiger partial charge >= 0.3 is 0 Å². The summed E-state index contributed by atoms with van der Waals surface area (Å²) in [7, 11) is -3.94. The average molecular weight is 507 g/mol. The quantitative estimate of drug-likeness (QED) is 0.406. The fourth-order valence-corrected chi connectivity index (χ4v) is 6.00. The van der Waals surface area contributed by atoms with Crippen LogP contribution in [0.4, 0.5) is 5.69 Å². The number of carbonyl (C=O) groups is 1. The molecule has 3 aromatic carbocycles. The van der Waals surface area contributed by atoms with E-state index in [2.05, 4.69) is 24.3 Å². The molecule has 1 saturated heterocycles. The number of likely N-dealkylation sites (tertiary alicyclic amines) is 1. The second kappa shape index (κ2) is 11.6. The third-order valence-corrected chi connectivity index (χ3v) is 8.45. The normalized spacial score (nSPS) is 14.4. The maximum Gasteiger partial charge on any atom is 0.264 e. The maximum absolute atomic E-state index is 13.7. The fourth-order valence-electron chi connectivity index (χ4n) is 4.58. The number of carbonyl (C=O) groups excluding carboxylic acids is 1. The monoisotopic (exact) mass is 506 g/mol. The van der Waals surface area contributed by atoms with Gasteiger partial charge in [-0.3, -0.25) is 9.10 Å². The van der Waals surface area contributed by atoms with Crippen LogP contribution < -0.4 is 9.04 Å². The van der Waals surface area contributed by atoms with Crippen molar-refractivity contribution in [1.82, 2.24) is 4.90 Å². The van der Waals surface area contributed by atoms with E-state index < -0.39 is 10.0 Å². The van der Waals surface area contributed by atoms with Gasteiger partial charge in [-0.1, -0.05) is 48.0 Å². The van der Waals surface area contributed by atoms with Crippen LogP contribution in [0.15, 0.2) is 83.8 Å². The van der Waals surface area contributed by atoms with E-state index in [9.17, 15) is 13.2 Å². The maximum atomic E-state index is 13.7. The summed E-state index contributed by atoms with van der Waals surface area (Å²) in [4.78, 5) is 15.3. The molecule has 0 aliphatic carbocycles. The first-order chi connectivity index (χ1) is 17.4. The summed E-state index contributed by atoms with van der Waals surface area (Å²) in [5.41, 5.74) is 2.72. The molecule has 0 bridgehead atoms. The minimum Gasteiger partial charge on any atom is -0.494 e. The predicted octanol–water partition coefficient (Wildman–Crippen LogP) is 5.07. The molecule has 1 fully saturated rings. The molecule has 1 amide bonds. The van der Waals surface area contributed by atoms with E-state index >= 15 is 0 Å². The van der Waals surface area contributed by atoms with Crippen LogP contribution in [0.2, 0.25) is 0 Å². The molecule has 1 heterocycles. The highest BCUT2D eigenvalue weighted by molar-refractivity contribution is 7.92. The van der Waals surface area contributed by atoms with Crippen LogP contribution in [0.1, 0.15) is 30.9 Å². The second-order valence-electron chi connectivity index (χ2n) is 9.27. The molecule has 0 unspecified atom stereocenters. The summed E-state index contributed by atoms with van der Waals surface area (Å²) < 4.78 is 34.0. The van der Waals surface area contributed by atoms with Gasteiger partial charge in [0.2, 0.25) is 5.91 Å². The van der Waals surface area contributed by atoms with Gasteiger partial charge in [-0.25, -0.2) is 8.42 Å². The standard InChI is InChI=1S/C29H34N2O4S/c1-3-35-27-13-11-26(12-14-27)31(36(33,34)28-15-9-23(2)10-16-28)22-29(32)30-19-17-25(18-20-30)21-24-7-5-4-6-8-24/h4-16,25H,3,17-22H2,1-2H3. The molecule has 0 spiro atoms. The van der Waals surface area contributed by atoms with Gasteiger partial charge in [0.05, 0.1) is 17.2 Å². The molecule has 1 aliphatic heterocycles. The Labute approximate surface area is 214 Å². The molecule has 0 aromatic heterocycles. The number of rotatable bonds is 9. The van der Waals surface area contributed by atoms with Crippen molar-refractivity contribution in [3.05, 3.63) is 90.0 Å². The zero-order valence-corrected chi connectivity index (χ0v) is 21.8. The van der Waals surface area contributed by atoms with Crippen LogP contribution >= 0.6 is 0 Å². The van der Waals surface area contributed by atoms with Gasteiger partial charge in [-0.15, -0.1) is 0 Å². The molecule has 4 rings (SSSR count). The highest BCUT2D eigenvalue weighted by Crippen LogP contribution is 2.27. The zero-order valence-electron chi connectivity index (χ0n) is 21.0. The van der Waals surface area contributed by atoms with E-state index in [0.29, 0.717) is 37.1 Å². The lowest BCUT2D eigenvalue weighted by molar-refractivity contribution is -0.130. The summed E-state index contributed by atoms with van der Waals surface area (Å²) >= 11 is 0. The fraction of sp³-hybridized carbons (Fsp3) is 0.345. The van der Waals surface area contributed by atoms with Gasteiger partial charge in [-0.2, -0.15) is 0 Å². The Morgan fingerprint density at radius 2 is 1.58 bits per heavy atom. The van der Waals surface area contributed by atoms with Gasteiger partial charge in [0.1, 0.15) is 12.3 Å². The third kappa shape index (κ3) is 6.26. The van der Waals surface area contributed by atoms with Gasteiger partial charge < -0.3 is 9.64 Å². The van der Waals surface area contributed by atoms with E-state index in [1.807, 2.05) is 19.9 Å². The Hall–Kier alpha value is -3.32. The van der Waals surface area contributed by atoms with E-state index in [0.717, 1.165) is 24.8 Å². The summed E-state index contributed by atoms with van der Waals surface area (Å²) in [6, 6.07) is 24.0. The van der Waals surface area contributed by atoms with Crippen LogP contribution in [-0.4, -0.2) is 45.5 Å². The largest absolute Gasteiger partial charge is 0.494 e. The van der Waals surface area contributed by atoms with Crippen molar-refractivity contribution in [1.29, 1.82) is 0 Å². The molecule has 0 N–H and O–H groups in total. The lowest BCUT2D eigenvalue weighted by Crippen LogP contribution is -2.46. The summed E-state index contributed by atoms with van der Waals surface area (Å²) in [6.45, 7) is 5.35. The Balaban J connectivity index is 1.50. The molecule has 1 aliphatic rings. The summed E-state index contributed by atoms with van der Waals surface area (Å²) in [6.07, 6.45) is 2.83. The van der Waals surface area contributed by atoms with Crippen LogP contribution in [0, 0.1) is 12.8 Å². The number of hydrogen-bond acceptors (Lipinski definition) is 4. The van der Waals surface area contributed by atoms with E-state index in [-0.39, 0.29) is 17.3 Å². The van der Waals surface area contributed by atoms with Crippen molar-refractivity contribution >= 4 is 21.6 Å². The van der Waals surface area contributed by atoms with E-state index in [4.69, 9.17) is 4.74 Å². The minimum atomic E-state index is -3.94. The lowest BCUT2D eigenvalue weighted by Gasteiger charge is -2.34. The smallest absolute Gasteiger partial charge is 0.264 e. The Morgan fingerprint density at radius 1 is 0.944 bits per heavy atom. The number of piperidine rings is 1. The van der Waals surface area contributed by atoms with Gasteiger partial charge in [0.15, 0.2) is 0 Å². The zero-order chi connectivity index (χ0) is 25.5. The number of hydrogen-bond donors (Lipinski definition) is 0. The molecular formula is C29H34N2O4S. The SMILES string of the molecule is CCOc1ccc(N(CC(=O)N2CCC(Cc3ccccc3)CC2)S(=O)(=O)c2ccc(C)cc2)cc1. The summed E-state index contributed by atoms with van der Waals surface area (Å²) in [5.74, 6) is 0.994. The molecule has 6 nitrogen and oxygen atoms in total. The van der Waals surface area contributed by atoms with Gasteiger partial charge in [0, 0.05) is 13.1 Å². The molecule has 7 heteroatoms. The Kier molecular flexibility index (Phi) is 8.31. The highest BCUT2D eigenvalue weighted by Gasteiger charge is 2.30. The number of sulfonamides is 1. The minimum absolute atomic E-state index is 0.163. The molecule has 0 atom stereocenters. The molecular weight excluding hydrogens is 472 g/mol. The number of ether oxygens (including phenoxy) is 1. The first-order valence-electron chi connectivity index (χ1n) is 12.5. The van der Waals surface area contributed by atoms with Gasteiger partial charge in [0.25, 0.3) is 10.0 Å².